The Bertz CT molecular complexity index is 1380. The third-order valence-corrected chi connectivity index (χ3v) is 6.18. The van der Waals surface area contributed by atoms with Crippen molar-refractivity contribution in [3.63, 3.8) is 0 Å². The summed E-state index contributed by atoms with van der Waals surface area (Å²) >= 11 is 6.16. The van der Waals surface area contributed by atoms with Crippen molar-refractivity contribution in [2.75, 3.05) is 25.2 Å². The number of aliphatic hydroxyl groups excluding tert-OH is 1. The van der Waals surface area contributed by atoms with Gasteiger partial charge in [0.15, 0.2) is 11.5 Å². The molecule has 2 heterocycles. The summed E-state index contributed by atoms with van der Waals surface area (Å²) in [5.74, 6) is -0.793. The highest BCUT2D eigenvalue weighted by molar-refractivity contribution is 6.51. The number of amides is 1. The van der Waals surface area contributed by atoms with Gasteiger partial charge in [0, 0.05) is 17.3 Å². The summed E-state index contributed by atoms with van der Waals surface area (Å²) in [6, 6.07) is 14.8. The number of carbonyl (C=O) groups is 2. The fraction of sp³-hybridized carbons (Fsp3) is 0.154. The number of phenolic OH excluding ortho intramolecular Hbond substituents is 1. The molecule has 1 amide bonds. The Morgan fingerprint density at radius 2 is 1.80 bits per heavy atom. The molecular formula is C26H20ClNO7. The zero-order valence-corrected chi connectivity index (χ0v) is 19.3. The number of halogens is 1. The minimum atomic E-state index is -1.02. The highest BCUT2D eigenvalue weighted by atomic mass is 35.5. The van der Waals surface area contributed by atoms with Crippen LogP contribution in [0.25, 0.3) is 5.76 Å². The molecule has 1 saturated heterocycles. The molecule has 5 rings (SSSR count). The van der Waals surface area contributed by atoms with Crippen LogP contribution in [0.2, 0.25) is 5.02 Å². The standard InChI is InChI=1S/C26H20ClNO7/c1-33-17-4-2-3-16(13-17)28-23(14-5-7-19(29)18(27)11-14)22(25(31)26(28)32)24(30)15-6-8-20-21(12-15)35-10-9-34-20/h2-8,11-13,23,29-30H,9-10H2,1H3/b24-22-. The Morgan fingerprint density at radius 1 is 1.03 bits per heavy atom. The van der Waals surface area contributed by atoms with E-state index in [-0.39, 0.29) is 27.7 Å². The van der Waals surface area contributed by atoms with Crippen LogP contribution >= 0.6 is 11.6 Å². The number of phenols is 1. The van der Waals surface area contributed by atoms with Gasteiger partial charge in [0.1, 0.15) is 30.5 Å². The Hall–Kier alpha value is -4.17. The molecule has 3 aromatic rings. The number of anilines is 1. The molecule has 35 heavy (non-hydrogen) atoms. The third-order valence-electron chi connectivity index (χ3n) is 5.88. The molecule has 3 aromatic carbocycles. The first-order chi connectivity index (χ1) is 16.9. The molecule has 0 aromatic heterocycles. The van der Waals surface area contributed by atoms with E-state index < -0.39 is 17.7 Å². The predicted octanol–water partition coefficient (Wildman–Crippen LogP) is 4.45. The van der Waals surface area contributed by atoms with E-state index >= 15 is 0 Å². The second-order valence-corrected chi connectivity index (χ2v) is 8.35. The number of methoxy groups -OCH3 is 1. The van der Waals surface area contributed by atoms with E-state index in [4.69, 9.17) is 25.8 Å². The van der Waals surface area contributed by atoms with Crippen LogP contribution in [0.5, 0.6) is 23.0 Å². The van der Waals surface area contributed by atoms with Gasteiger partial charge in [-0.15, -0.1) is 0 Å². The fourth-order valence-electron chi connectivity index (χ4n) is 4.21. The van der Waals surface area contributed by atoms with Gasteiger partial charge in [0.05, 0.1) is 23.7 Å². The topological polar surface area (TPSA) is 106 Å². The third kappa shape index (κ3) is 3.91. The molecule has 9 heteroatoms. The molecule has 1 atom stereocenters. The quantitative estimate of drug-likeness (QED) is 0.314. The van der Waals surface area contributed by atoms with Crippen LogP contribution in [0, 0.1) is 0 Å². The lowest BCUT2D eigenvalue weighted by Crippen LogP contribution is -2.29. The summed E-state index contributed by atoms with van der Waals surface area (Å²) in [5, 5.41) is 21.3. The number of Topliss-reactive ketones (excluding diaryl/α,β-unsaturated/α-hetero) is 1. The molecule has 8 nitrogen and oxygen atoms in total. The summed E-state index contributed by atoms with van der Waals surface area (Å²) in [4.78, 5) is 27.9. The van der Waals surface area contributed by atoms with Gasteiger partial charge in [0.25, 0.3) is 11.7 Å². The van der Waals surface area contributed by atoms with Crippen molar-refractivity contribution in [2.45, 2.75) is 6.04 Å². The normalized spacial score (nSPS) is 18.6. The Morgan fingerprint density at radius 3 is 2.54 bits per heavy atom. The van der Waals surface area contributed by atoms with Crippen molar-refractivity contribution in [1.29, 1.82) is 0 Å². The molecule has 0 radical (unpaired) electrons. The zero-order valence-electron chi connectivity index (χ0n) is 18.5. The Labute approximate surface area is 205 Å². The van der Waals surface area contributed by atoms with Crippen LogP contribution in [0.15, 0.2) is 66.2 Å². The van der Waals surface area contributed by atoms with Gasteiger partial charge in [-0.25, -0.2) is 0 Å². The molecule has 0 aliphatic carbocycles. The summed E-state index contributed by atoms with van der Waals surface area (Å²) in [6.07, 6.45) is 0. The molecule has 0 saturated carbocycles. The second kappa shape index (κ2) is 8.88. The van der Waals surface area contributed by atoms with Crippen molar-refractivity contribution in [3.05, 3.63) is 82.4 Å². The van der Waals surface area contributed by atoms with Crippen LogP contribution in [0.1, 0.15) is 17.2 Å². The predicted molar refractivity (Wildman–Crippen MR) is 128 cm³/mol. The number of benzene rings is 3. The summed E-state index contributed by atoms with van der Waals surface area (Å²) in [5.41, 5.74) is 0.972. The summed E-state index contributed by atoms with van der Waals surface area (Å²) in [7, 11) is 1.49. The second-order valence-electron chi connectivity index (χ2n) is 7.94. The van der Waals surface area contributed by atoms with Crippen molar-refractivity contribution in [1.82, 2.24) is 0 Å². The first kappa shape index (κ1) is 22.6. The molecule has 2 N–H and O–H groups in total. The van der Waals surface area contributed by atoms with Gasteiger partial charge in [-0.05, 0) is 48.0 Å². The van der Waals surface area contributed by atoms with E-state index in [1.807, 2.05) is 0 Å². The van der Waals surface area contributed by atoms with Crippen LogP contribution in [0.3, 0.4) is 0 Å². The maximum atomic E-state index is 13.3. The lowest BCUT2D eigenvalue weighted by atomic mass is 9.95. The smallest absolute Gasteiger partial charge is 0.300 e. The molecule has 0 spiro atoms. The number of ketones is 1. The van der Waals surface area contributed by atoms with Gasteiger partial charge in [-0.1, -0.05) is 23.7 Å². The molecule has 1 fully saturated rings. The zero-order chi connectivity index (χ0) is 24.7. The SMILES string of the molecule is COc1cccc(N2C(=O)C(=O)/C(=C(\O)c3ccc4c(c3)OCCO4)C2c2ccc(O)c(Cl)c2)c1. The number of nitrogens with zero attached hydrogens (tertiary/aromatic N) is 1. The van der Waals surface area contributed by atoms with Gasteiger partial charge >= 0.3 is 0 Å². The highest BCUT2D eigenvalue weighted by Crippen LogP contribution is 2.44. The summed E-state index contributed by atoms with van der Waals surface area (Å²) in [6.45, 7) is 0.759. The maximum Gasteiger partial charge on any atom is 0.300 e. The van der Waals surface area contributed by atoms with Crippen LogP contribution < -0.4 is 19.1 Å². The Balaban J connectivity index is 1.71. The van der Waals surface area contributed by atoms with Crippen molar-refractivity contribution in [3.8, 4) is 23.0 Å². The number of rotatable bonds is 4. The molecule has 2 aliphatic heterocycles. The van der Waals surface area contributed by atoms with E-state index in [0.29, 0.717) is 41.7 Å². The fourth-order valence-corrected chi connectivity index (χ4v) is 4.40. The lowest BCUT2D eigenvalue weighted by Gasteiger charge is -2.26. The van der Waals surface area contributed by atoms with E-state index in [1.54, 1.807) is 48.5 Å². The lowest BCUT2D eigenvalue weighted by molar-refractivity contribution is -0.132. The van der Waals surface area contributed by atoms with E-state index in [2.05, 4.69) is 0 Å². The molecule has 1 unspecified atom stereocenters. The minimum Gasteiger partial charge on any atom is -0.507 e. The maximum absolute atomic E-state index is 13.3. The molecule has 0 bridgehead atoms. The number of hydrogen-bond acceptors (Lipinski definition) is 7. The van der Waals surface area contributed by atoms with E-state index in [0.717, 1.165) is 0 Å². The van der Waals surface area contributed by atoms with E-state index in [1.165, 1.54) is 24.1 Å². The number of ether oxygens (including phenoxy) is 3. The highest BCUT2D eigenvalue weighted by Gasteiger charge is 2.47. The average Bonchev–Trinajstić information content (AvgIpc) is 3.15. The first-order valence-corrected chi connectivity index (χ1v) is 11.1. The van der Waals surface area contributed by atoms with Gasteiger partial charge in [0.2, 0.25) is 0 Å². The van der Waals surface area contributed by atoms with Crippen LogP contribution in [-0.4, -0.2) is 42.2 Å². The number of hydrogen-bond donors (Lipinski definition) is 2. The van der Waals surface area contributed by atoms with Gasteiger partial charge < -0.3 is 24.4 Å². The van der Waals surface area contributed by atoms with Crippen molar-refractivity contribution in [2.24, 2.45) is 0 Å². The number of carbonyl (C=O) groups excluding carboxylic acids is 2. The van der Waals surface area contributed by atoms with Crippen LogP contribution in [-0.2, 0) is 9.59 Å². The number of aliphatic hydroxyl groups is 1. The number of aromatic hydroxyl groups is 1. The minimum absolute atomic E-state index is 0.0399. The molecular weight excluding hydrogens is 474 g/mol. The monoisotopic (exact) mass is 493 g/mol. The molecule has 2 aliphatic rings. The van der Waals surface area contributed by atoms with Gasteiger partial charge in [-0.3, -0.25) is 14.5 Å². The van der Waals surface area contributed by atoms with Gasteiger partial charge in [-0.2, -0.15) is 0 Å². The Kier molecular flexibility index (Phi) is 5.74. The largest absolute Gasteiger partial charge is 0.507 e. The van der Waals surface area contributed by atoms with E-state index in [9.17, 15) is 19.8 Å². The van der Waals surface area contributed by atoms with Crippen molar-refractivity contribution >= 4 is 34.7 Å². The summed E-state index contributed by atoms with van der Waals surface area (Å²) < 4.78 is 16.4. The number of fused-ring (bicyclic) bond motifs is 1. The van der Waals surface area contributed by atoms with Crippen molar-refractivity contribution < 1.29 is 34.0 Å². The first-order valence-electron chi connectivity index (χ1n) is 10.7. The average molecular weight is 494 g/mol. The molecule has 178 valence electrons. The van der Waals surface area contributed by atoms with Crippen LogP contribution in [0.4, 0.5) is 5.69 Å².